The first-order valence-electron chi connectivity index (χ1n) is 6.87. The zero-order valence-corrected chi connectivity index (χ0v) is 15.0. The molecule has 0 saturated carbocycles. The number of benzene rings is 1. The van der Waals surface area contributed by atoms with Crippen LogP contribution in [0.2, 0.25) is 0 Å². The summed E-state index contributed by atoms with van der Waals surface area (Å²) in [6.45, 7) is 9.41. The lowest BCUT2D eigenvalue weighted by molar-refractivity contribution is 0.0845. The van der Waals surface area contributed by atoms with Gasteiger partial charge in [0.1, 0.15) is 11.4 Å². The van der Waals surface area contributed by atoms with Crippen LogP contribution in [0.4, 0.5) is 0 Å². The predicted molar refractivity (Wildman–Crippen MR) is 87.0 cm³/mol. The maximum Gasteiger partial charge on any atom is 0.397 e. The predicted octanol–water partition coefficient (Wildman–Crippen LogP) is 3.57. The molecule has 0 aliphatic rings. The van der Waals surface area contributed by atoms with E-state index >= 15 is 0 Å². The Hall–Kier alpha value is -0.820. The second-order valence-corrected chi connectivity index (χ2v) is 8.28. The van der Waals surface area contributed by atoms with Crippen LogP contribution < -0.4 is 4.74 Å². The van der Waals surface area contributed by atoms with Crippen molar-refractivity contribution in [2.24, 2.45) is 0 Å². The second kappa shape index (κ2) is 6.74. The van der Waals surface area contributed by atoms with Gasteiger partial charge in [-0.3, -0.25) is 4.55 Å². The largest absolute Gasteiger partial charge is 0.486 e. The van der Waals surface area contributed by atoms with Crippen LogP contribution in [0.3, 0.4) is 0 Å². The number of hydrogen-bond donors (Lipinski definition) is 1. The lowest BCUT2D eigenvalue weighted by Crippen LogP contribution is -2.41. The fourth-order valence-corrected chi connectivity index (χ4v) is 2.23. The Morgan fingerprint density at radius 1 is 1.14 bits per heavy atom. The van der Waals surface area contributed by atoms with Gasteiger partial charge >= 0.3 is 10.4 Å². The molecule has 1 unspecified atom stereocenters. The van der Waals surface area contributed by atoms with Gasteiger partial charge in [-0.25, -0.2) is 4.18 Å². The minimum atomic E-state index is -4.51. The molecule has 126 valence electrons. The highest BCUT2D eigenvalue weighted by Crippen LogP contribution is 2.28. The van der Waals surface area contributed by atoms with Crippen molar-refractivity contribution in [3.05, 3.63) is 29.8 Å². The number of alkyl halides is 1. The molecule has 0 saturated heterocycles. The van der Waals surface area contributed by atoms with Crippen molar-refractivity contribution < 1.29 is 21.9 Å². The Bertz CT molecular complexity index is 587. The molecule has 0 aliphatic carbocycles. The molecule has 0 bridgehead atoms. The first-order chi connectivity index (χ1) is 9.81. The SMILES string of the molecule is CC(C)(C)c1ccc(OC(C)(C)C(Cl)COS(=O)(=O)O)cc1. The number of halogens is 1. The summed E-state index contributed by atoms with van der Waals surface area (Å²) in [6, 6.07) is 7.64. The molecule has 0 radical (unpaired) electrons. The topological polar surface area (TPSA) is 72.8 Å². The molecule has 0 aromatic heterocycles. The molecule has 0 amide bonds. The Labute approximate surface area is 137 Å². The van der Waals surface area contributed by atoms with Gasteiger partial charge in [-0.15, -0.1) is 11.6 Å². The molecular formula is C15H23ClO5S. The van der Waals surface area contributed by atoms with E-state index in [0.29, 0.717) is 5.75 Å². The van der Waals surface area contributed by atoms with Crippen molar-refractivity contribution in [1.29, 1.82) is 0 Å². The zero-order chi connectivity index (χ0) is 17.2. The summed E-state index contributed by atoms with van der Waals surface area (Å²) >= 11 is 6.11. The van der Waals surface area contributed by atoms with Gasteiger partial charge < -0.3 is 4.74 Å². The molecule has 1 aromatic rings. The Morgan fingerprint density at radius 2 is 1.64 bits per heavy atom. The van der Waals surface area contributed by atoms with Crippen molar-refractivity contribution in [2.75, 3.05) is 6.61 Å². The van der Waals surface area contributed by atoms with E-state index in [0.717, 1.165) is 0 Å². The van der Waals surface area contributed by atoms with E-state index in [-0.39, 0.29) is 12.0 Å². The first kappa shape index (κ1) is 19.2. The van der Waals surface area contributed by atoms with Crippen LogP contribution in [-0.2, 0) is 20.0 Å². The summed E-state index contributed by atoms with van der Waals surface area (Å²) in [7, 11) is -4.51. The quantitative estimate of drug-likeness (QED) is 0.627. The van der Waals surface area contributed by atoms with E-state index in [1.165, 1.54) is 5.56 Å². The third kappa shape index (κ3) is 6.12. The lowest BCUT2D eigenvalue weighted by Gasteiger charge is -2.31. The highest BCUT2D eigenvalue weighted by atomic mass is 35.5. The molecule has 7 heteroatoms. The van der Waals surface area contributed by atoms with Crippen LogP contribution >= 0.6 is 11.6 Å². The minimum absolute atomic E-state index is 0.0480. The summed E-state index contributed by atoms with van der Waals surface area (Å²) < 4.78 is 39.9. The molecule has 1 rings (SSSR count). The molecule has 5 nitrogen and oxygen atoms in total. The van der Waals surface area contributed by atoms with Crippen LogP contribution in [0.1, 0.15) is 40.2 Å². The lowest BCUT2D eigenvalue weighted by atomic mass is 9.87. The molecule has 0 heterocycles. The average Bonchev–Trinajstić information content (AvgIpc) is 2.34. The summed E-state index contributed by atoms with van der Waals surface area (Å²) in [6.07, 6.45) is 0. The van der Waals surface area contributed by atoms with Crippen LogP contribution in [0.15, 0.2) is 24.3 Å². The highest BCUT2D eigenvalue weighted by Gasteiger charge is 2.31. The van der Waals surface area contributed by atoms with Crippen molar-refractivity contribution in [3.8, 4) is 5.75 Å². The Balaban J connectivity index is 2.75. The summed E-state index contributed by atoms with van der Waals surface area (Å²) in [5, 5.41) is -0.767. The van der Waals surface area contributed by atoms with E-state index in [9.17, 15) is 8.42 Å². The van der Waals surface area contributed by atoms with Crippen LogP contribution in [0.25, 0.3) is 0 Å². The van der Waals surface area contributed by atoms with E-state index in [1.54, 1.807) is 13.8 Å². The maximum absolute atomic E-state index is 10.6. The fourth-order valence-electron chi connectivity index (χ4n) is 1.74. The van der Waals surface area contributed by atoms with Crippen LogP contribution in [0.5, 0.6) is 5.75 Å². The number of rotatable bonds is 6. The smallest absolute Gasteiger partial charge is 0.397 e. The van der Waals surface area contributed by atoms with Gasteiger partial charge in [0.25, 0.3) is 0 Å². The van der Waals surface area contributed by atoms with Gasteiger partial charge in [0.2, 0.25) is 0 Å². The van der Waals surface area contributed by atoms with Crippen molar-refractivity contribution in [3.63, 3.8) is 0 Å². The molecule has 0 aliphatic heterocycles. The Kier molecular flexibility index (Phi) is 5.89. The normalized spacial score (nSPS) is 14.7. The molecule has 1 atom stereocenters. The molecular weight excluding hydrogens is 328 g/mol. The molecule has 1 N–H and O–H groups in total. The van der Waals surface area contributed by atoms with E-state index < -0.39 is 21.4 Å². The van der Waals surface area contributed by atoms with E-state index in [2.05, 4.69) is 25.0 Å². The number of ether oxygens (including phenoxy) is 1. The van der Waals surface area contributed by atoms with Gasteiger partial charge in [0.15, 0.2) is 0 Å². The molecule has 0 spiro atoms. The standard InChI is InChI=1S/C15H23ClO5S/c1-14(2,3)11-6-8-12(9-7-11)21-15(4,5)13(16)10-20-22(17,18)19/h6-9,13H,10H2,1-5H3,(H,17,18,19). The van der Waals surface area contributed by atoms with Gasteiger partial charge in [0.05, 0.1) is 12.0 Å². The number of hydrogen-bond acceptors (Lipinski definition) is 4. The summed E-state index contributed by atoms with van der Waals surface area (Å²) in [5.74, 6) is 0.621. The summed E-state index contributed by atoms with van der Waals surface area (Å²) in [5.41, 5.74) is 0.344. The van der Waals surface area contributed by atoms with Gasteiger partial charge in [0, 0.05) is 0 Å². The van der Waals surface area contributed by atoms with Crippen molar-refractivity contribution in [2.45, 2.75) is 51.0 Å². The van der Waals surface area contributed by atoms with Crippen LogP contribution in [-0.4, -0.2) is 30.6 Å². The van der Waals surface area contributed by atoms with Gasteiger partial charge in [-0.2, -0.15) is 8.42 Å². The Morgan fingerprint density at radius 3 is 2.05 bits per heavy atom. The van der Waals surface area contributed by atoms with E-state index in [1.807, 2.05) is 24.3 Å². The first-order valence-corrected chi connectivity index (χ1v) is 8.67. The third-order valence-electron chi connectivity index (χ3n) is 3.22. The average molecular weight is 351 g/mol. The van der Waals surface area contributed by atoms with Crippen LogP contribution in [0, 0.1) is 0 Å². The minimum Gasteiger partial charge on any atom is -0.486 e. The van der Waals surface area contributed by atoms with Gasteiger partial charge in [-0.05, 0) is 37.0 Å². The maximum atomic E-state index is 10.6. The summed E-state index contributed by atoms with van der Waals surface area (Å²) in [4.78, 5) is 0. The monoisotopic (exact) mass is 350 g/mol. The highest BCUT2D eigenvalue weighted by molar-refractivity contribution is 7.80. The van der Waals surface area contributed by atoms with E-state index in [4.69, 9.17) is 20.9 Å². The second-order valence-electron chi connectivity index (χ2n) is 6.66. The molecule has 22 heavy (non-hydrogen) atoms. The van der Waals surface area contributed by atoms with Crippen molar-refractivity contribution in [1.82, 2.24) is 0 Å². The molecule has 1 aromatic carbocycles. The molecule has 0 fully saturated rings. The fraction of sp³-hybridized carbons (Fsp3) is 0.600. The third-order valence-corrected chi connectivity index (χ3v) is 4.30. The van der Waals surface area contributed by atoms with Crippen molar-refractivity contribution >= 4 is 22.0 Å². The van der Waals surface area contributed by atoms with Gasteiger partial charge in [-0.1, -0.05) is 32.9 Å². The zero-order valence-electron chi connectivity index (χ0n) is 13.5.